The third kappa shape index (κ3) is 5.64. The van der Waals surface area contributed by atoms with Crippen molar-refractivity contribution in [1.82, 2.24) is 10.3 Å². The standard InChI is InChI=1S/C22H21FN2O2/c23-19-8-4-9-20(16-19)27-15-5-10-21(26)25-22(17-6-2-1-3-7-17)18-11-13-24-14-12-18/h1-4,6-9,11-14,16,22H,5,10,15H2,(H,25,26). The molecule has 2 aromatic carbocycles. The summed E-state index contributed by atoms with van der Waals surface area (Å²) in [5.74, 6) is 0.0613. The molecule has 0 aliphatic carbocycles. The van der Waals surface area contributed by atoms with Crippen LogP contribution in [-0.4, -0.2) is 17.5 Å². The van der Waals surface area contributed by atoms with Gasteiger partial charge in [0, 0.05) is 24.9 Å². The molecule has 0 aliphatic heterocycles. The quantitative estimate of drug-likeness (QED) is 0.607. The number of amides is 1. The number of hydrogen-bond donors (Lipinski definition) is 1. The molecule has 0 aliphatic rings. The van der Waals surface area contributed by atoms with Gasteiger partial charge in [0.25, 0.3) is 0 Å². The molecule has 0 spiro atoms. The Hall–Kier alpha value is -3.21. The van der Waals surface area contributed by atoms with Gasteiger partial charge in [-0.05, 0) is 41.8 Å². The minimum Gasteiger partial charge on any atom is -0.493 e. The van der Waals surface area contributed by atoms with Gasteiger partial charge in [-0.25, -0.2) is 4.39 Å². The third-order valence-electron chi connectivity index (χ3n) is 4.09. The van der Waals surface area contributed by atoms with E-state index in [1.807, 2.05) is 42.5 Å². The van der Waals surface area contributed by atoms with Crippen molar-refractivity contribution in [1.29, 1.82) is 0 Å². The number of carbonyl (C=O) groups is 1. The summed E-state index contributed by atoms with van der Waals surface area (Å²) in [6.07, 6.45) is 4.29. The van der Waals surface area contributed by atoms with E-state index in [4.69, 9.17) is 4.74 Å². The number of hydrogen-bond acceptors (Lipinski definition) is 3. The van der Waals surface area contributed by atoms with Gasteiger partial charge in [0.1, 0.15) is 11.6 Å². The van der Waals surface area contributed by atoms with E-state index in [0.29, 0.717) is 25.2 Å². The normalized spacial score (nSPS) is 11.6. The lowest BCUT2D eigenvalue weighted by Gasteiger charge is -2.19. The number of aromatic nitrogens is 1. The molecule has 1 amide bonds. The van der Waals surface area contributed by atoms with Gasteiger partial charge >= 0.3 is 0 Å². The summed E-state index contributed by atoms with van der Waals surface area (Å²) in [6.45, 7) is 0.349. The van der Waals surface area contributed by atoms with E-state index in [2.05, 4.69) is 10.3 Å². The molecule has 4 nitrogen and oxygen atoms in total. The van der Waals surface area contributed by atoms with Gasteiger partial charge in [-0.3, -0.25) is 9.78 Å². The molecule has 5 heteroatoms. The molecular weight excluding hydrogens is 343 g/mol. The Morgan fingerprint density at radius 1 is 1.00 bits per heavy atom. The zero-order chi connectivity index (χ0) is 18.9. The maximum atomic E-state index is 13.1. The Morgan fingerprint density at radius 3 is 2.48 bits per heavy atom. The van der Waals surface area contributed by atoms with Gasteiger partial charge in [0.05, 0.1) is 12.6 Å². The van der Waals surface area contributed by atoms with Gasteiger partial charge < -0.3 is 10.1 Å². The molecule has 0 saturated heterocycles. The Balaban J connectivity index is 1.55. The molecule has 1 unspecified atom stereocenters. The van der Waals surface area contributed by atoms with E-state index in [9.17, 15) is 9.18 Å². The van der Waals surface area contributed by atoms with Crippen LogP contribution in [0.3, 0.4) is 0 Å². The zero-order valence-corrected chi connectivity index (χ0v) is 14.8. The lowest BCUT2D eigenvalue weighted by Crippen LogP contribution is -2.29. The second kappa shape index (κ2) is 9.48. The molecule has 0 bridgehead atoms. The Labute approximate surface area is 158 Å². The molecule has 0 radical (unpaired) electrons. The van der Waals surface area contributed by atoms with Crippen molar-refractivity contribution in [2.45, 2.75) is 18.9 Å². The van der Waals surface area contributed by atoms with Crippen LogP contribution in [0.1, 0.15) is 30.0 Å². The molecular formula is C22H21FN2O2. The van der Waals surface area contributed by atoms with Crippen molar-refractivity contribution >= 4 is 5.91 Å². The van der Waals surface area contributed by atoms with Gasteiger partial charge in [-0.2, -0.15) is 0 Å². The summed E-state index contributed by atoms with van der Waals surface area (Å²) >= 11 is 0. The summed E-state index contributed by atoms with van der Waals surface area (Å²) in [4.78, 5) is 16.5. The monoisotopic (exact) mass is 364 g/mol. The zero-order valence-electron chi connectivity index (χ0n) is 14.8. The largest absolute Gasteiger partial charge is 0.493 e. The van der Waals surface area contributed by atoms with Crippen LogP contribution in [0.25, 0.3) is 0 Å². The number of benzene rings is 2. The summed E-state index contributed by atoms with van der Waals surface area (Å²) in [5.41, 5.74) is 1.98. The first-order valence-electron chi connectivity index (χ1n) is 8.85. The van der Waals surface area contributed by atoms with E-state index in [-0.39, 0.29) is 17.8 Å². The summed E-state index contributed by atoms with van der Waals surface area (Å²) in [6, 6.07) is 19.3. The number of ether oxygens (including phenoxy) is 1. The fraction of sp³-hybridized carbons (Fsp3) is 0.182. The highest BCUT2D eigenvalue weighted by molar-refractivity contribution is 5.77. The molecule has 1 atom stereocenters. The van der Waals surface area contributed by atoms with Crippen LogP contribution >= 0.6 is 0 Å². The van der Waals surface area contributed by atoms with Crippen LogP contribution in [0.2, 0.25) is 0 Å². The fourth-order valence-electron chi connectivity index (χ4n) is 2.77. The number of carbonyl (C=O) groups excluding carboxylic acids is 1. The third-order valence-corrected chi connectivity index (χ3v) is 4.09. The van der Waals surface area contributed by atoms with E-state index in [1.165, 1.54) is 12.1 Å². The molecule has 3 rings (SSSR count). The maximum absolute atomic E-state index is 13.1. The van der Waals surface area contributed by atoms with E-state index in [0.717, 1.165) is 11.1 Å². The summed E-state index contributed by atoms with van der Waals surface area (Å²) < 4.78 is 18.6. The predicted molar refractivity (Wildman–Crippen MR) is 102 cm³/mol. The molecule has 138 valence electrons. The fourth-order valence-corrected chi connectivity index (χ4v) is 2.77. The van der Waals surface area contributed by atoms with Crippen LogP contribution in [0.15, 0.2) is 79.1 Å². The number of pyridine rings is 1. The SMILES string of the molecule is O=C(CCCOc1cccc(F)c1)NC(c1ccccc1)c1ccncc1. The van der Waals surface area contributed by atoms with Crippen molar-refractivity contribution in [3.8, 4) is 5.75 Å². The van der Waals surface area contributed by atoms with Gasteiger partial charge in [0.15, 0.2) is 0 Å². The van der Waals surface area contributed by atoms with Crippen molar-refractivity contribution < 1.29 is 13.9 Å². The minimum atomic E-state index is -0.340. The van der Waals surface area contributed by atoms with Gasteiger partial charge in [0.2, 0.25) is 5.91 Å². The van der Waals surface area contributed by atoms with Crippen molar-refractivity contribution in [2.24, 2.45) is 0 Å². The van der Waals surface area contributed by atoms with Gasteiger partial charge in [-0.1, -0.05) is 36.4 Å². The molecule has 1 heterocycles. The van der Waals surface area contributed by atoms with Gasteiger partial charge in [-0.15, -0.1) is 0 Å². The number of rotatable bonds is 8. The Kier molecular flexibility index (Phi) is 6.52. The summed E-state index contributed by atoms with van der Waals surface area (Å²) in [7, 11) is 0. The molecule has 27 heavy (non-hydrogen) atoms. The predicted octanol–water partition coefficient (Wildman–Crippen LogP) is 4.29. The summed E-state index contributed by atoms with van der Waals surface area (Å²) in [5, 5.41) is 3.08. The molecule has 0 fully saturated rings. The molecule has 0 saturated carbocycles. The van der Waals surface area contributed by atoms with Crippen molar-refractivity contribution in [3.05, 3.63) is 96.1 Å². The lowest BCUT2D eigenvalue weighted by atomic mass is 9.99. The first kappa shape index (κ1) is 18.6. The Morgan fingerprint density at radius 2 is 1.74 bits per heavy atom. The number of nitrogens with one attached hydrogen (secondary N) is 1. The molecule has 1 aromatic heterocycles. The van der Waals surface area contributed by atoms with Crippen LogP contribution in [0.4, 0.5) is 4.39 Å². The Bertz CT molecular complexity index is 817. The van der Waals surface area contributed by atoms with E-state index >= 15 is 0 Å². The topological polar surface area (TPSA) is 51.2 Å². The molecule has 3 aromatic rings. The van der Waals surface area contributed by atoms with Crippen molar-refractivity contribution in [2.75, 3.05) is 6.61 Å². The molecule has 1 N–H and O–H groups in total. The number of nitrogens with zero attached hydrogens (tertiary/aromatic N) is 1. The average Bonchev–Trinajstić information content (AvgIpc) is 2.71. The van der Waals surface area contributed by atoms with E-state index < -0.39 is 0 Å². The second-order valence-electron chi connectivity index (χ2n) is 6.10. The van der Waals surface area contributed by atoms with Crippen molar-refractivity contribution in [3.63, 3.8) is 0 Å². The average molecular weight is 364 g/mol. The van der Waals surface area contributed by atoms with E-state index in [1.54, 1.807) is 24.5 Å². The first-order valence-corrected chi connectivity index (χ1v) is 8.85. The highest BCUT2D eigenvalue weighted by Gasteiger charge is 2.16. The van der Waals surface area contributed by atoms with Crippen LogP contribution in [0, 0.1) is 5.82 Å². The smallest absolute Gasteiger partial charge is 0.220 e. The van der Waals surface area contributed by atoms with Crippen LogP contribution < -0.4 is 10.1 Å². The maximum Gasteiger partial charge on any atom is 0.220 e. The second-order valence-corrected chi connectivity index (χ2v) is 6.10. The first-order chi connectivity index (χ1) is 13.2. The van der Waals surface area contributed by atoms with Crippen LogP contribution in [-0.2, 0) is 4.79 Å². The van der Waals surface area contributed by atoms with Crippen LogP contribution in [0.5, 0.6) is 5.75 Å². The lowest BCUT2D eigenvalue weighted by molar-refractivity contribution is -0.121. The minimum absolute atomic E-state index is 0.0662. The highest BCUT2D eigenvalue weighted by Crippen LogP contribution is 2.21. The highest BCUT2D eigenvalue weighted by atomic mass is 19.1. The number of halogens is 1.